The number of rotatable bonds is 11. The van der Waals surface area contributed by atoms with Crippen LogP contribution in [0.4, 0.5) is 0 Å². The third-order valence-electron chi connectivity index (χ3n) is 5.84. The number of aliphatic hydroxyl groups excluding tert-OH is 5. The second-order valence-corrected chi connectivity index (χ2v) is 11.3. The SMILES string of the molecule is [B][C@@H]1O[C@H](CO)C(OP(=O)(O)OC[C@H]2O[C@@H]([B])[C@@H](O)C2OP(=O)(O)OC[C@H]2O[C@@H](C)[C@@H](O)C2O)[C@@H]1O. The van der Waals surface area contributed by atoms with E-state index in [1.165, 1.54) is 6.92 Å². The number of ether oxygens (including phenoxy) is 3. The van der Waals surface area contributed by atoms with Crippen molar-refractivity contribution in [3.8, 4) is 0 Å². The minimum absolute atomic E-state index is 0.660. The van der Waals surface area contributed by atoms with Crippen LogP contribution in [0.3, 0.4) is 0 Å². The van der Waals surface area contributed by atoms with Gasteiger partial charge in [0.15, 0.2) is 0 Å². The molecule has 4 radical (unpaired) electrons. The lowest BCUT2D eigenvalue weighted by molar-refractivity contribution is -0.0420. The highest BCUT2D eigenvalue weighted by Gasteiger charge is 2.49. The first kappa shape index (κ1) is 30.6. The van der Waals surface area contributed by atoms with Crippen LogP contribution in [0, 0.1) is 0 Å². The van der Waals surface area contributed by atoms with Gasteiger partial charge >= 0.3 is 15.6 Å². The van der Waals surface area contributed by atoms with E-state index in [1.54, 1.807) is 0 Å². The molecule has 0 aromatic rings. The summed E-state index contributed by atoms with van der Waals surface area (Å²) in [5.41, 5.74) is 0. The predicted octanol–water partition coefficient (Wildman–Crippen LogP) is -4.00. The molecule has 16 nitrogen and oxygen atoms in total. The minimum Gasteiger partial charge on any atom is -0.394 e. The Kier molecular flexibility index (Phi) is 10.2. The number of hydrogen-bond acceptors (Lipinski definition) is 14. The molecule has 0 aromatic heterocycles. The summed E-state index contributed by atoms with van der Waals surface area (Å²) in [6, 6.07) is -2.74. The number of aliphatic hydroxyl groups is 5. The Bertz CT molecular complexity index is 840. The van der Waals surface area contributed by atoms with Crippen LogP contribution in [0.1, 0.15) is 6.92 Å². The summed E-state index contributed by atoms with van der Waals surface area (Å²) in [6.45, 7) is -0.724. The summed E-state index contributed by atoms with van der Waals surface area (Å²) >= 11 is 0. The number of hydrogen-bond donors (Lipinski definition) is 7. The highest BCUT2D eigenvalue weighted by molar-refractivity contribution is 7.47. The molecule has 5 unspecified atom stereocenters. The molecule has 3 aliphatic rings. The smallest absolute Gasteiger partial charge is 0.394 e. The zero-order valence-corrected chi connectivity index (χ0v) is 20.7. The first-order valence-electron chi connectivity index (χ1n) is 10.8. The lowest BCUT2D eigenvalue weighted by Crippen LogP contribution is -2.38. The molecule has 3 saturated heterocycles. The molecule has 0 amide bonds. The van der Waals surface area contributed by atoms with E-state index in [4.69, 9.17) is 48.0 Å². The minimum atomic E-state index is -4.97. The van der Waals surface area contributed by atoms with Gasteiger partial charge in [0, 0.05) is 12.0 Å². The Balaban J connectivity index is 1.57. The van der Waals surface area contributed by atoms with Crippen molar-refractivity contribution in [3.63, 3.8) is 0 Å². The molecule has 0 saturated carbocycles. The third kappa shape index (κ3) is 7.16. The van der Waals surface area contributed by atoms with Gasteiger partial charge in [-0.2, -0.15) is 0 Å². The van der Waals surface area contributed by atoms with Crippen molar-refractivity contribution in [3.05, 3.63) is 0 Å². The lowest BCUT2D eigenvalue weighted by atomic mass is 9.93. The van der Waals surface area contributed by atoms with Crippen molar-refractivity contribution in [1.82, 2.24) is 0 Å². The standard InChI is InChI=1S/C16H28B2O16P2/c1-5-9(20)10(21)7(30-5)3-28-35(24,25)34-14-8(32-16(18)12(14)23)4-29-36(26,27)33-13-6(2-19)31-15(17)11(13)22/h5-16,19-23H,2-4H2,1H3,(H,24,25)(H,26,27)/t5-,6+,7+,8+,9+,10?,11-,12-,13?,14?,15+,16+/m0/s1. The lowest BCUT2D eigenvalue weighted by Gasteiger charge is -2.26. The summed E-state index contributed by atoms with van der Waals surface area (Å²) in [5.74, 6) is 0. The topological polar surface area (TPSA) is 240 Å². The van der Waals surface area contributed by atoms with Crippen LogP contribution in [0.25, 0.3) is 0 Å². The number of phosphoric acid groups is 2. The largest absolute Gasteiger partial charge is 0.472 e. The van der Waals surface area contributed by atoms with Crippen molar-refractivity contribution in [2.45, 2.75) is 80.0 Å². The van der Waals surface area contributed by atoms with Crippen molar-refractivity contribution in [2.24, 2.45) is 0 Å². The van der Waals surface area contributed by atoms with Gasteiger partial charge in [0.25, 0.3) is 0 Å². The Morgan fingerprint density at radius 2 is 1.17 bits per heavy atom. The monoisotopic (exact) mass is 560 g/mol. The molecule has 36 heavy (non-hydrogen) atoms. The van der Waals surface area contributed by atoms with Crippen LogP contribution in [0.2, 0.25) is 0 Å². The van der Waals surface area contributed by atoms with Crippen LogP contribution in [-0.4, -0.2) is 144 Å². The summed E-state index contributed by atoms with van der Waals surface area (Å²) in [5, 5.41) is 49.0. The van der Waals surface area contributed by atoms with E-state index in [2.05, 4.69) is 0 Å². The van der Waals surface area contributed by atoms with Gasteiger partial charge in [-0.05, 0) is 6.92 Å². The van der Waals surface area contributed by atoms with Crippen LogP contribution < -0.4 is 0 Å². The summed E-state index contributed by atoms with van der Waals surface area (Å²) in [6.07, 6.45) is -13.7. The molecule has 20 heteroatoms. The molecule has 0 bridgehead atoms. The molecule has 0 spiro atoms. The van der Waals surface area contributed by atoms with E-state index < -0.39 is 109 Å². The molecule has 14 atom stereocenters. The Morgan fingerprint density at radius 1 is 0.722 bits per heavy atom. The maximum Gasteiger partial charge on any atom is 0.472 e. The van der Waals surface area contributed by atoms with Gasteiger partial charge in [-0.3, -0.25) is 18.1 Å². The zero-order chi connectivity index (χ0) is 27.0. The molecule has 7 N–H and O–H groups in total. The fourth-order valence-electron chi connectivity index (χ4n) is 3.85. The van der Waals surface area contributed by atoms with Crippen molar-refractivity contribution in [1.29, 1.82) is 0 Å². The normalized spacial score (nSPS) is 46.6. The maximum atomic E-state index is 12.4. The van der Waals surface area contributed by atoms with Crippen LogP contribution in [0.5, 0.6) is 0 Å². The maximum absolute atomic E-state index is 12.4. The summed E-state index contributed by atoms with van der Waals surface area (Å²) in [7, 11) is 1.13. The molecular formula is C16H28B2O16P2. The Labute approximate surface area is 208 Å². The molecule has 3 rings (SSSR count). The average molecular weight is 560 g/mol. The molecular weight excluding hydrogens is 532 g/mol. The predicted molar refractivity (Wildman–Crippen MR) is 116 cm³/mol. The number of phosphoric ester groups is 2. The van der Waals surface area contributed by atoms with Crippen LogP contribution >= 0.6 is 15.6 Å². The second-order valence-electron chi connectivity index (χ2n) is 8.47. The summed E-state index contributed by atoms with van der Waals surface area (Å²) in [4.78, 5) is 20.1. The second kappa shape index (κ2) is 12.0. The summed E-state index contributed by atoms with van der Waals surface area (Å²) < 4.78 is 59.6. The fourth-order valence-corrected chi connectivity index (χ4v) is 5.78. The molecule has 3 heterocycles. The van der Waals surface area contributed by atoms with Gasteiger partial charge in [0.1, 0.15) is 70.6 Å². The van der Waals surface area contributed by atoms with Gasteiger partial charge < -0.3 is 49.5 Å². The van der Waals surface area contributed by atoms with E-state index in [-0.39, 0.29) is 0 Å². The zero-order valence-electron chi connectivity index (χ0n) is 18.9. The van der Waals surface area contributed by atoms with E-state index in [1.807, 2.05) is 0 Å². The van der Waals surface area contributed by atoms with E-state index >= 15 is 0 Å². The van der Waals surface area contributed by atoms with Gasteiger partial charge in [-0.1, -0.05) is 0 Å². The fraction of sp³-hybridized carbons (Fsp3) is 1.00. The highest BCUT2D eigenvalue weighted by atomic mass is 31.2. The first-order chi connectivity index (χ1) is 16.7. The first-order valence-corrected chi connectivity index (χ1v) is 13.8. The average Bonchev–Trinajstić information content (AvgIpc) is 3.33. The molecule has 3 fully saturated rings. The van der Waals surface area contributed by atoms with Crippen LogP contribution in [0.15, 0.2) is 0 Å². The van der Waals surface area contributed by atoms with Gasteiger partial charge in [-0.15, -0.1) is 0 Å². The van der Waals surface area contributed by atoms with E-state index in [0.29, 0.717) is 0 Å². The van der Waals surface area contributed by atoms with Crippen LogP contribution in [-0.2, 0) is 41.4 Å². The third-order valence-corrected chi connectivity index (χ3v) is 7.81. The Morgan fingerprint density at radius 3 is 1.61 bits per heavy atom. The van der Waals surface area contributed by atoms with Crippen molar-refractivity contribution < 1.29 is 76.8 Å². The van der Waals surface area contributed by atoms with Gasteiger partial charge in [0.2, 0.25) is 0 Å². The van der Waals surface area contributed by atoms with E-state index in [9.17, 15) is 44.4 Å². The molecule has 3 aliphatic heterocycles. The van der Waals surface area contributed by atoms with Crippen molar-refractivity contribution in [2.75, 3.05) is 19.8 Å². The molecule has 204 valence electrons. The van der Waals surface area contributed by atoms with Crippen molar-refractivity contribution >= 4 is 31.3 Å². The molecule has 0 aliphatic carbocycles. The quantitative estimate of drug-likeness (QED) is 0.0941. The van der Waals surface area contributed by atoms with E-state index in [0.717, 1.165) is 0 Å². The van der Waals surface area contributed by atoms with Gasteiger partial charge in [-0.25, -0.2) is 9.13 Å². The Hall–Kier alpha value is 0.0299. The highest BCUT2D eigenvalue weighted by Crippen LogP contribution is 2.50. The van der Waals surface area contributed by atoms with Gasteiger partial charge in [0.05, 0.1) is 25.9 Å². The molecule has 0 aromatic carbocycles.